The monoisotopic (exact) mass is 542 g/mol. The summed E-state index contributed by atoms with van der Waals surface area (Å²) in [6.45, 7) is 13.4. The average Bonchev–Trinajstić information content (AvgIpc) is 2.86. The van der Waals surface area contributed by atoms with Crippen molar-refractivity contribution in [3.05, 3.63) is 58.7 Å². The topological polar surface area (TPSA) is 57.5 Å². The highest BCUT2D eigenvalue weighted by Crippen LogP contribution is 2.40. The molecular formula is C36H62O3. The summed E-state index contributed by atoms with van der Waals surface area (Å²) in [7, 11) is 0. The predicted octanol–water partition coefficient (Wildman–Crippen LogP) is 11.1. The van der Waals surface area contributed by atoms with Gasteiger partial charge in [-0.3, -0.25) is 4.79 Å². The third-order valence-corrected chi connectivity index (χ3v) is 7.68. The zero-order valence-electron chi connectivity index (χ0n) is 26.5. The van der Waals surface area contributed by atoms with Crippen molar-refractivity contribution < 1.29 is 15.0 Å². The van der Waals surface area contributed by atoms with Gasteiger partial charge in [-0.1, -0.05) is 151 Å². The van der Waals surface area contributed by atoms with Crippen LogP contribution in [0.2, 0.25) is 0 Å². The van der Waals surface area contributed by atoms with E-state index in [0.717, 1.165) is 18.4 Å². The van der Waals surface area contributed by atoms with Gasteiger partial charge < -0.3 is 10.2 Å². The van der Waals surface area contributed by atoms with E-state index in [0.29, 0.717) is 11.8 Å². The number of carbonyl (C=O) groups is 1. The van der Waals surface area contributed by atoms with Crippen LogP contribution in [-0.2, 0) is 4.79 Å². The summed E-state index contributed by atoms with van der Waals surface area (Å²) in [6, 6.07) is 0. The zero-order valence-corrected chi connectivity index (χ0v) is 26.5. The molecule has 0 bridgehead atoms. The molecule has 0 radical (unpaired) electrons. The van der Waals surface area contributed by atoms with Crippen molar-refractivity contribution in [3.8, 4) is 0 Å². The van der Waals surface area contributed by atoms with Gasteiger partial charge in [-0.15, -0.1) is 0 Å². The fraction of sp³-hybridized carbons (Fsp3) is 0.694. The van der Waals surface area contributed by atoms with Gasteiger partial charge in [-0.05, 0) is 57.4 Å². The Morgan fingerprint density at radius 1 is 0.846 bits per heavy atom. The van der Waals surface area contributed by atoms with E-state index in [-0.39, 0.29) is 6.61 Å². The second-order valence-corrected chi connectivity index (χ2v) is 12.1. The molecule has 1 aliphatic rings. The fourth-order valence-corrected chi connectivity index (χ4v) is 5.14. The van der Waals surface area contributed by atoms with Crippen LogP contribution in [0, 0.1) is 5.41 Å². The van der Waals surface area contributed by atoms with Crippen LogP contribution in [0.25, 0.3) is 0 Å². The largest absolute Gasteiger partial charge is 0.481 e. The Balaban J connectivity index is 0.000000751. The van der Waals surface area contributed by atoms with Gasteiger partial charge in [0.1, 0.15) is 0 Å². The number of rotatable bonds is 19. The van der Waals surface area contributed by atoms with Crippen LogP contribution >= 0.6 is 0 Å². The van der Waals surface area contributed by atoms with Crippen molar-refractivity contribution in [1.82, 2.24) is 0 Å². The third-order valence-electron chi connectivity index (χ3n) is 7.68. The van der Waals surface area contributed by atoms with E-state index < -0.39 is 5.97 Å². The molecule has 0 fully saturated rings. The first-order valence-corrected chi connectivity index (χ1v) is 15.9. The standard InChI is InChI=1S/C20H30O.C16H32O2/c1-16(8-6-9-17(2)13-15-21)11-12-19-18(3)10-7-14-20(19,4)5;1-2-3-4-5-6-7-8-9-10-11-12-13-14-15-16(17)18/h6,8-9,11-13,21H,7,10,14-15H2,1-5H3;2-15H2,1H3,(H,17,18). The smallest absolute Gasteiger partial charge is 0.303 e. The van der Waals surface area contributed by atoms with Crippen molar-refractivity contribution in [1.29, 1.82) is 0 Å². The molecule has 0 atom stereocenters. The number of allylic oxidation sites excluding steroid dienone is 9. The lowest BCUT2D eigenvalue weighted by Gasteiger charge is -2.32. The molecular weight excluding hydrogens is 480 g/mol. The maximum absolute atomic E-state index is 10.3. The van der Waals surface area contributed by atoms with Gasteiger partial charge in [-0.25, -0.2) is 0 Å². The number of carboxylic acids is 1. The molecule has 3 nitrogen and oxygen atoms in total. The van der Waals surface area contributed by atoms with Gasteiger partial charge >= 0.3 is 5.97 Å². The van der Waals surface area contributed by atoms with Crippen LogP contribution in [0.3, 0.4) is 0 Å². The van der Waals surface area contributed by atoms with Crippen LogP contribution in [0.15, 0.2) is 58.7 Å². The summed E-state index contributed by atoms with van der Waals surface area (Å²) in [6.07, 6.45) is 33.6. The van der Waals surface area contributed by atoms with Crippen molar-refractivity contribution in [2.45, 2.75) is 151 Å². The van der Waals surface area contributed by atoms with Gasteiger partial charge in [-0.2, -0.15) is 0 Å². The molecule has 3 heteroatoms. The molecule has 0 amide bonds. The van der Waals surface area contributed by atoms with E-state index in [2.05, 4.69) is 52.8 Å². The second kappa shape index (κ2) is 24.0. The van der Waals surface area contributed by atoms with Crippen molar-refractivity contribution in [2.75, 3.05) is 6.61 Å². The average molecular weight is 543 g/mol. The molecule has 224 valence electrons. The van der Waals surface area contributed by atoms with E-state index in [1.165, 1.54) is 107 Å². The number of aliphatic hydroxyl groups is 1. The molecule has 39 heavy (non-hydrogen) atoms. The van der Waals surface area contributed by atoms with E-state index in [9.17, 15) is 4.79 Å². The maximum atomic E-state index is 10.3. The van der Waals surface area contributed by atoms with Gasteiger partial charge in [0.2, 0.25) is 0 Å². The Labute approximate surface area is 242 Å². The van der Waals surface area contributed by atoms with Crippen molar-refractivity contribution in [3.63, 3.8) is 0 Å². The van der Waals surface area contributed by atoms with Crippen molar-refractivity contribution in [2.24, 2.45) is 5.41 Å². The minimum Gasteiger partial charge on any atom is -0.481 e. The molecule has 0 aliphatic heterocycles. The summed E-state index contributed by atoms with van der Waals surface area (Å²) >= 11 is 0. The first-order valence-electron chi connectivity index (χ1n) is 15.9. The van der Waals surface area contributed by atoms with E-state index in [1.807, 2.05) is 19.1 Å². The number of unbranched alkanes of at least 4 members (excludes halogenated alkanes) is 12. The lowest BCUT2D eigenvalue weighted by molar-refractivity contribution is -0.137. The Hall–Kier alpha value is -1.87. The molecule has 1 aliphatic carbocycles. The lowest BCUT2D eigenvalue weighted by Crippen LogP contribution is -2.19. The minimum atomic E-state index is -0.655. The molecule has 0 aromatic carbocycles. The Morgan fingerprint density at radius 3 is 1.87 bits per heavy atom. The number of carboxylic acid groups (broad SMARTS) is 1. The highest BCUT2D eigenvalue weighted by molar-refractivity contribution is 5.66. The van der Waals surface area contributed by atoms with Gasteiger partial charge in [0, 0.05) is 6.42 Å². The second-order valence-electron chi connectivity index (χ2n) is 12.1. The SMILES string of the molecule is CC(C=CC1=C(C)CCCC1(C)C)=CC=CC(C)=CCO.CCCCCCCCCCCCCCCC(=O)O. The van der Waals surface area contributed by atoms with Crippen LogP contribution in [-0.4, -0.2) is 22.8 Å². The van der Waals surface area contributed by atoms with Crippen LogP contribution < -0.4 is 0 Å². The number of aliphatic hydroxyl groups excluding tert-OH is 1. The summed E-state index contributed by atoms with van der Waals surface area (Å²) in [5.41, 5.74) is 5.66. The molecule has 0 saturated carbocycles. The first kappa shape index (κ1) is 37.1. The van der Waals surface area contributed by atoms with E-state index in [1.54, 1.807) is 6.08 Å². The molecule has 1 rings (SSSR count). The van der Waals surface area contributed by atoms with Gasteiger partial charge in [0.05, 0.1) is 6.61 Å². The number of hydrogen-bond acceptors (Lipinski definition) is 2. The molecule has 0 aromatic heterocycles. The summed E-state index contributed by atoms with van der Waals surface area (Å²) in [5.74, 6) is -0.655. The summed E-state index contributed by atoms with van der Waals surface area (Å²) < 4.78 is 0. The summed E-state index contributed by atoms with van der Waals surface area (Å²) in [4.78, 5) is 10.3. The third kappa shape index (κ3) is 21.6. The Bertz CT molecular complexity index is 792. The number of aliphatic carboxylic acids is 1. The zero-order chi connectivity index (χ0) is 29.4. The van der Waals surface area contributed by atoms with E-state index >= 15 is 0 Å². The normalized spacial score (nSPS) is 16.2. The van der Waals surface area contributed by atoms with Crippen LogP contribution in [0.5, 0.6) is 0 Å². The minimum absolute atomic E-state index is 0.0985. The van der Waals surface area contributed by atoms with Gasteiger partial charge in [0.25, 0.3) is 0 Å². The molecule has 0 saturated heterocycles. The highest BCUT2D eigenvalue weighted by atomic mass is 16.4. The molecule has 0 spiro atoms. The Morgan fingerprint density at radius 2 is 1.38 bits per heavy atom. The Kier molecular flexibility index (Phi) is 22.8. The quantitative estimate of drug-likeness (QED) is 0.126. The molecule has 0 heterocycles. The summed E-state index contributed by atoms with van der Waals surface area (Å²) in [5, 5.41) is 17.3. The van der Waals surface area contributed by atoms with Crippen molar-refractivity contribution >= 4 is 5.97 Å². The number of hydrogen-bond donors (Lipinski definition) is 2. The fourth-order valence-electron chi connectivity index (χ4n) is 5.14. The molecule has 0 unspecified atom stereocenters. The van der Waals surface area contributed by atoms with E-state index in [4.69, 9.17) is 10.2 Å². The first-order chi connectivity index (χ1) is 18.6. The lowest BCUT2D eigenvalue weighted by atomic mass is 9.72. The molecule has 2 N–H and O–H groups in total. The predicted molar refractivity (Wildman–Crippen MR) is 171 cm³/mol. The highest BCUT2D eigenvalue weighted by Gasteiger charge is 2.26. The molecule has 0 aromatic rings. The van der Waals surface area contributed by atoms with Crippen LogP contribution in [0.1, 0.15) is 151 Å². The van der Waals surface area contributed by atoms with Crippen LogP contribution in [0.4, 0.5) is 0 Å². The maximum Gasteiger partial charge on any atom is 0.303 e. The van der Waals surface area contributed by atoms with Gasteiger partial charge in [0.15, 0.2) is 0 Å².